The molecule has 1 aliphatic carbocycles. The molecule has 0 bridgehead atoms. The molecule has 0 aromatic carbocycles. The van der Waals surface area contributed by atoms with Crippen LogP contribution in [0.15, 0.2) is 0 Å². The Labute approximate surface area is 117 Å². The predicted molar refractivity (Wildman–Crippen MR) is 76.4 cm³/mol. The van der Waals surface area contributed by atoms with Gasteiger partial charge in [-0.2, -0.15) is 0 Å². The molecule has 19 heavy (non-hydrogen) atoms. The van der Waals surface area contributed by atoms with E-state index in [1.807, 2.05) is 0 Å². The second kappa shape index (κ2) is 9.45. The maximum absolute atomic E-state index is 12.4. The lowest BCUT2D eigenvalue weighted by atomic mass is 9.86. The van der Waals surface area contributed by atoms with E-state index in [2.05, 4.69) is 11.8 Å². The Hall–Kier alpha value is -0.450. The molecule has 112 valence electrons. The molecule has 0 aliphatic heterocycles. The van der Waals surface area contributed by atoms with Crippen LogP contribution in [0.4, 0.5) is 0 Å². The van der Waals surface area contributed by atoms with Gasteiger partial charge in [-0.1, -0.05) is 19.3 Å². The highest BCUT2D eigenvalue weighted by Crippen LogP contribution is 2.24. The summed E-state index contributed by atoms with van der Waals surface area (Å²) < 4.78 is 10.3. The Morgan fingerprint density at radius 1 is 1.21 bits per heavy atom. The molecule has 0 saturated heterocycles. The lowest BCUT2D eigenvalue weighted by Gasteiger charge is -2.30. The van der Waals surface area contributed by atoms with Gasteiger partial charge in [0.25, 0.3) is 0 Å². The fourth-order valence-corrected chi connectivity index (χ4v) is 2.76. The van der Waals surface area contributed by atoms with Gasteiger partial charge in [0.2, 0.25) is 0 Å². The maximum Gasteiger partial charge on any atom is 0.149 e. The van der Waals surface area contributed by atoms with Crippen molar-refractivity contribution in [3.05, 3.63) is 0 Å². The van der Waals surface area contributed by atoms with Gasteiger partial charge in [-0.15, -0.1) is 0 Å². The molecule has 0 amide bonds. The summed E-state index contributed by atoms with van der Waals surface area (Å²) in [7, 11) is 3.40. The highest BCUT2D eigenvalue weighted by atomic mass is 16.5. The van der Waals surface area contributed by atoms with Crippen LogP contribution in [0.1, 0.15) is 39.0 Å². The van der Waals surface area contributed by atoms with E-state index in [4.69, 9.17) is 9.47 Å². The molecular formula is C15H29NO3. The molecule has 1 unspecified atom stereocenters. The predicted octanol–water partition coefficient (Wildman–Crippen LogP) is 2.12. The largest absolute Gasteiger partial charge is 0.383 e. The molecule has 1 atom stereocenters. The van der Waals surface area contributed by atoms with Crippen molar-refractivity contribution < 1.29 is 14.3 Å². The SMILES string of the molecule is COCCN(CC(=O)C1CCCCC1)C(C)COC. The van der Waals surface area contributed by atoms with Crippen LogP contribution in [0.3, 0.4) is 0 Å². The molecule has 0 aromatic heterocycles. The lowest BCUT2D eigenvalue weighted by molar-refractivity contribution is -0.125. The highest BCUT2D eigenvalue weighted by Gasteiger charge is 2.24. The zero-order valence-corrected chi connectivity index (χ0v) is 12.7. The van der Waals surface area contributed by atoms with Gasteiger partial charge in [0.1, 0.15) is 5.78 Å². The zero-order valence-electron chi connectivity index (χ0n) is 12.7. The van der Waals surface area contributed by atoms with Crippen molar-refractivity contribution in [3.8, 4) is 0 Å². The van der Waals surface area contributed by atoms with Crippen molar-refractivity contribution in [1.29, 1.82) is 0 Å². The van der Waals surface area contributed by atoms with E-state index in [1.54, 1.807) is 14.2 Å². The van der Waals surface area contributed by atoms with Crippen LogP contribution < -0.4 is 0 Å². The van der Waals surface area contributed by atoms with Crippen LogP contribution in [-0.2, 0) is 14.3 Å². The minimum Gasteiger partial charge on any atom is -0.383 e. The van der Waals surface area contributed by atoms with Gasteiger partial charge in [-0.05, 0) is 19.8 Å². The molecule has 0 aromatic rings. The van der Waals surface area contributed by atoms with Crippen molar-refractivity contribution in [2.75, 3.05) is 40.5 Å². The molecule has 4 nitrogen and oxygen atoms in total. The normalized spacial score (nSPS) is 18.7. The van der Waals surface area contributed by atoms with Crippen molar-refractivity contribution in [2.45, 2.75) is 45.1 Å². The third kappa shape index (κ3) is 6.02. The van der Waals surface area contributed by atoms with Crippen molar-refractivity contribution in [2.24, 2.45) is 5.92 Å². The number of nitrogens with zero attached hydrogens (tertiary/aromatic N) is 1. The van der Waals surface area contributed by atoms with E-state index < -0.39 is 0 Å². The van der Waals surface area contributed by atoms with Gasteiger partial charge in [-0.25, -0.2) is 0 Å². The first-order valence-corrected chi connectivity index (χ1v) is 7.43. The summed E-state index contributed by atoms with van der Waals surface area (Å²) in [6, 6.07) is 0.257. The molecule has 1 aliphatic rings. The summed E-state index contributed by atoms with van der Waals surface area (Å²) in [4.78, 5) is 14.5. The molecule has 1 rings (SSSR count). The van der Waals surface area contributed by atoms with Crippen molar-refractivity contribution in [1.82, 2.24) is 4.90 Å². The Morgan fingerprint density at radius 2 is 1.89 bits per heavy atom. The molecule has 1 saturated carbocycles. The molecular weight excluding hydrogens is 242 g/mol. The van der Waals surface area contributed by atoms with Crippen LogP contribution >= 0.6 is 0 Å². The molecule has 1 fully saturated rings. The Bertz CT molecular complexity index is 252. The number of ether oxygens (including phenoxy) is 2. The molecule has 0 N–H and O–H groups in total. The number of hydrogen-bond donors (Lipinski definition) is 0. The van der Waals surface area contributed by atoms with Gasteiger partial charge in [-0.3, -0.25) is 9.69 Å². The second-order valence-corrected chi connectivity index (χ2v) is 5.57. The number of hydrogen-bond acceptors (Lipinski definition) is 4. The first kappa shape index (κ1) is 16.6. The molecule has 0 radical (unpaired) electrons. The van der Waals surface area contributed by atoms with E-state index >= 15 is 0 Å². The van der Waals surface area contributed by atoms with Gasteiger partial charge in [0, 0.05) is 32.7 Å². The van der Waals surface area contributed by atoms with Crippen molar-refractivity contribution in [3.63, 3.8) is 0 Å². The Balaban J connectivity index is 2.46. The van der Waals surface area contributed by atoms with E-state index in [9.17, 15) is 4.79 Å². The Morgan fingerprint density at radius 3 is 2.47 bits per heavy atom. The third-order valence-electron chi connectivity index (χ3n) is 4.03. The summed E-state index contributed by atoms with van der Waals surface area (Å²) in [6.45, 7) is 4.75. The first-order valence-electron chi connectivity index (χ1n) is 7.43. The number of carbonyl (C=O) groups is 1. The highest BCUT2D eigenvalue weighted by molar-refractivity contribution is 5.83. The maximum atomic E-state index is 12.4. The van der Waals surface area contributed by atoms with Crippen LogP contribution in [0.5, 0.6) is 0 Å². The van der Waals surface area contributed by atoms with Gasteiger partial charge < -0.3 is 9.47 Å². The van der Waals surface area contributed by atoms with Gasteiger partial charge >= 0.3 is 0 Å². The monoisotopic (exact) mass is 271 g/mol. The first-order chi connectivity index (χ1) is 9.19. The van der Waals surface area contributed by atoms with E-state index in [0.717, 1.165) is 19.4 Å². The summed E-state index contributed by atoms with van der Waals surface area (Å²) in [5.74, 6) is 0.687. The lowest BCUT2D eigenvalue weighted by Crippen LogP contribution is -2.43. The van der Waals surface area contributed by atoms with Crippen LogP contribution in [0, 0.1) is 5.92 Å². The van der Waals surface area contributed by atoms with Crippen molar-refractivity contribution >= 4 is 5.78 Å². The molecule has 0 heterocycles. The third-order valence-corrected chi connectivity index (χ3v) is 4.03. The van der Waals surface area contributed by atoms with Crippen LogP contribution in [-0.4, -0.2) is 57.2 Å². The van der Waals surface area contributed by atoms with Gasteiger partial charge in [0.15, 0.2) is 0 Å². The quantitative estimate of drug-likeness (QED) is 0.644. The fourth-order valence-electron chi connectivity index (χ4n) is 2.76. The smallest absolute Gasteiger partial charge is 0.149 e. The van der Waals surface area contributed by atoms with Crippen LogP contribution in [0.25, 0.3) is 0 Å². The summed E-state index contributed by atoms with van der Waals surface area (Å²) in [5.41, 5.74) is 0. The van der Waals surface area contributed by atoms with E-state index in [1.165, 1.54) is 19.3 Å². The minimum atomic E-state index is 0.257. The molecule has 4 heteroatoms. The summed E-state index contributed by atoms with van der Waals surface area (Å²) in [5, 5.41) is 0. The van der Waals surface area contributed by atoms with Gasteiger partial charge in [0.05, 0.1) is 19.8 Å². The topological polar surface area (TPSA) is 38.8 Å². The minimum absolute atomic E-state index is 0.257. The number of carbonyl (C=O) groups excluding carboxylic acids is 1. The average molecular weight is 271 g/mol. The zero-order chi connectivity index (χ0) is 14.1. The number of Topliss-reactive ketones (excluding diaryl/α,β-unsaturated/α-hetero) is 1. The summed E-state index contributed by atoms with van der Waals surface area (Å²) in [6.07, 6.45) is 5.87. The second-order valence-electron chi connectivity index (χ2n) is 5.57. The standard InChI is InChI=1S/C15H29NO3/c1-13(12-19-3)16(9-10-18-2)11-15(17)14-7-5-4-6-8-14/h13-14H,4-12H2,1-3H3. The number of methoxy groups -OCH3 is 2. The summed E-state index contributed by atoms with van der Waals surface area (Å²) >= 11 is 0. The average Bonchev–Trinajstić information content (AvgIpc) is 2.44. The fraction of sp³-hybridized carbons (Fsp3) is 0.933. The van der Waals surface area contributed by atoms with E-state index in [-0.39, 0.29) is 12.0 Å². The van der Waals surface area contributed by atoms with Crippen LogP contribution in [0.2, 0.25) is 0 Å². The molecule has 0 spiro atoms. The number of rotatable bonds is 9. The Kier molecular flexibility index (Phi) is 8.26. The van der Waals surface area contributed by atoms with E-state index in [0.29, 0.717) is 25.5 Å². The number of ketones is 1.